The molecule has 8 heteroatoms. The van der Waals surface area contributed by atoms with Crippen LogP contribution in [0.1, 0.15) is 42.5 Å². The number of aliphatic hydroxyl groups is 1. The number of aryl methyl sites for hydroxylation is 1. The van der Waals surface area contributed by atoms with Crippen molar-refractivity contribution in [2.24, 2.45) is 18.4 Å². The highest BCUT2D eigenvalue weighted by atomic mass is 16.3. The zero-order chi connectivity index (χ0) is 20.2. The molecular weight excluding hydrogens is 370 g/mol. The van der Waals surface area contributed by atoms with Crippen LogP contribution in [-0.4, -0.2) is 73.5 Å². The average Bonchev–Trinajstić information content (AvgIpc) is 3.46. The maximum Gasteiger partial charge on any atom is 0.256 e. The Kier molecular flexibility index (Phi) is 4.34. The minimum atomic E-state index is -0.526. The maximum atomic E-state index is 13.2. The number of aliphatic hydroxyl groups excluding tert-OH is 1. The van der Waals surface area contributed by atoms with E-state index in [-0.39, 0.29) is 11.8 Å². The zero-order valence-corrected chi connectivity index (χ0v) is 16.8. The summed E-state index contributed by atoms with van der Waals surface area (Å²) in [5.41, 5.74) is 1.32. The summed E-state index contributed by atoms with van der Waals surface area (Å²) in [6.07, 6.45) is 6.91. The van der Waals surface area contributed by atoms with Crippen LogP contribution in [0.5, 0.6) is 0 Å². The molecule has 3 fully saturated rings. The summed E-state index contributed by atoms with van der Waals surface area (Å²) in [6, 6.07) is 1.72. The number of β-amino-alcohol motifs (C(OH)–C–C–N with tert-alkyl or cyclic N) is 1. The number of imidazole rings is 1. The summed E-state index contributed by atoms with van der Waals surface area (Å²) in [5.74, 6) is 0.720. The summed E-state index contributed by atoms with van der Waals surface area (Å²) in [5, 5.41) is 10.4. The molecule has 154 valence electrons. The molecule has 29 heavy (non-hydrogen) atoms. The van der Waals surface area contributed by atoms with Crippen LogP contribution in [-0.2, 0) is 11.8 Å². The number of carbonyl (C=O) groups excluding carboxylic acids is 2. The first-order valence-electron chi connectivity index (χ1n) is 10.5. The molecule has 2 aromatic rings. The average molecular weight is 397 g/mol. The van der Waals surface area contributed by atoms with Crippen molar-refractivity contribution in [3.8, 4) is 0 Å². The second kappa shape index (κ2) is 6.79. The van der Waals surface area contributed by atoms with Crippen LogP contribution in [0.4, 0.5) is 0 Å². The molecule has 2 amide bonds. The van der Waals surface area contributed by atoms with Gasteiger partial charge in [0.25, 0.3) is 5.91 Å². The van der Waals surface area contributed by atoms with Gasteiger partial charge in [-0.15, -0.1) is 0 Å². The Morgan fingerprint density at radius 1 is 1.28 bits per heavy atom. The number of hydrogen-bond acceptors (Lipinski definition) is 5. The molecule has 8 nitrogen and oxygen atoms in total. The molecule has 1 saturated carbocycles. The summed E-state index contributed by atoms with van der Waals surface area (Å²) < 4.78 is 1.80. The number of pyridine rings is 1. The Morgan fingerprint density at radius 3 is 2.76 bits per heavy atom. The van der Waals surface area contributed by atoms with Gasteiger partial charge >= 0.3 is 0 Å². The number of carbonyl (C=O) groups is 2. The third-order valence-electron chi connectivity index (χ3n) is 6.81. The van der Waals surface area contributed by atoms with Gasteiger partial charge in [-0.3, -0.25) is 9.59 Å². The molecule has 2 aliphatic heterocycles. The maximum absolute atomic E-state index is 13.2. The number of aromatic nitrogens is 3. The largest absolute Gasteiger partial charge is 0.391 e. The number of nitrogens with zero attached hydrogens (tertiary/aromatic N) is 5. The zero-order valence-electron chi connectivity index (χ0n) is 16.8. The van der Waals surface area contributed by atoms with Crippen LogP contribution >= 0.6 is 0 Å². The van der Waals surface area contributed by atoms with Crippen LogP contribution in [0.3, 0.4) is 0 Å². The lowest BCUT2D eigenvalue weighted by Crippen LogP contribution is -2.58. The van der Waals surface area contributed by atoms with E-state index in [1.165, 1.54) is 12.8 Å². The van der Waals surface area contributed by atoms with Crippen molar-refractivity contribution in [3.63, 3.8) is 0 Å². The first-order chi connectivity index (χ1) is 14.0. The van der Waals surface area contributed by atoms with Gasteiger partial charge in [0.1, 0.15) is 5.52 Å². The number of piperidine rings is 2. The van der Waals surface area contributed by atoms with Crippen molar-refractivity contribution in [3.05, 3.63) is 24.2 Å². The topological polar surface area (TPSA) is 91.6 Å². The molecule has 0 aromatic carbocycles. The minimum absolute atomic E-state index is 0.0652. The fourth-order valence-corrected chi connectivity index (χ4v) is 4.97. The number of hydrogen-bond donors (Lipinski definition) is 1. The van der Waals surface area contributed by atoms with E-state index in [0.29, 0.717) is 61.5 Å². The lowest BCUT2D eigenvalue weighted by atomic mass is 9.70. The van der Waals surface area contributed by atoms with Crippen molar-refractivity contribution in [1.82, 2.24) is 24.3 Å². The number of amides is 2. The first-order valence-corrected chi connectivity index (χ1v) is 10.5. The molecule has 1 spiro atoms. The van der Waals surface area contributed by atoms with E-state index < -0.39 is 11.5 Å². The highest BCUT2D eigenvalue weighted by Gasteiger charge is 2.49. The monoisotopic (exact) mass is 397 g/mol. The summed E-state index contributed by atoms with van der Waals surface area (Å²) >= 11 is 0. The molecule has 0 radical (unpaired) electrons. The second-order valence-electron chi connectivity index (χ2n) is 8.97. The molecule has 3 aliphatic rings. The lowest BCUT2D eigenvalue weighted by Gasteiger charge is -2.48. The van der Waals surface area contributed by atoms with Gasteiger partial charge in [0.2, 0.25) is 5.91 Å². The molecule has 0 bridgehead atoms. The summed E-state index contributed by atoms with van der Waals surface area (Å²) in [7, 11) is 1.86. The van der Waals surface area contributed by atoms with Gasteiger partial charge in [-0.2, -0.15) is 0 Å². The van der Waals surface area contributed by atoms with Crippen LogP contribution in [0, 0.1) is 11.3 Å². The third kappa shape index (κ3) is 3.19. The number of rotatable bonds is 3. The molecule has 2 saturated heterocycles. The SMILES string of the molecule is Cn1cnc2c(C(=O)N3CCC4(CC3)CC(O)CN(CC3CC3)C4=O)ccnc21. The Hall–Kier alpha value is -2.48. The molecule has 1 N–H and O–H groups in total. The van der Waals surface area contributed by atoms with Gasteiger partial charge in [0.05, 0.1) is 23.4 Å². The Balaban J connectivity index is 1.32. The molecule has 1 aliphatic carbocycles. The van der Waals surface area contributed by atoms with E-state index in [1.54, 1.807) is 23.2 Å². The predicted octanol–water partition coefficient (Wildman–Crippen LogP) is 1.19. The molecule has 5 rings (SSSR count). The Morgan fingerprint density at radius 2 is 2.03 bits per heavy atom. The van der Waals surface area contributed by atoms with Gasteiger partial charge in [-0.1, -0.05) is 0 Å². The normalized spacial score (nSPS) is 24.5. The van der Waals surface area contributed by atoms with Gasteiger partial charge in [0.15, 0.2) is 5.65 Å². The van der Waals surface area contributed by atoms with Gasteiger partial charge in [-0.05, 0) is 44.1 Å². The van der Waals surface area contributed by atoms with Crippen molar-refractivity contribution < 1.29 is 14.7 Å². The summed E-state index contributed by atoms with van der Waals surface area (Å²) in [4.78, 5) is 38.7. The van der Waals surface area contributed by atoms with Crippen LogP contribution in [0.2, 0.25) is 0 Å². The van der Waals surface area contributed by atoms with Crippen LogP contribution in [0.15, 0.2) is 18.6 Å². The standard InChI is InChI=1S/C21H27N5O3/c1-24-13-23-17-16(4-7-22-18(17)24)19(28)25-8-5-21(6-9-25)10-15(27)12-26(20(21)29)11-14-2-3-14/h4,7,13-15,27H,2-3,5-6,8-12H2,1H3. The van der Waals surface area contributed by atoms with Crippen molar-refractivity contribution in [2.75, 3.05) is 26.2 Å². The fourth-order valence-electron chi connectivity index (χ4n) is 4.97. The van der Waals surface area contributed by atoms with Crippen LogP contribution < -0.4 is 0 Å². The molecule has 1 unspecified atom stereocenters. The highest BCUT2D eigenvalue weighted by Crippen LogP contribution is 2.42. The molecule has 1 atom stereocenters. The van der Waals surface area contributed by atoms with E-state index in [1.807, 2.05) is 16.8 Å². The minimum Gasteiger partial charge on any atom is -0.391 e. The number of likely N-dealkylation sites (tertiary alicyclic amines) is 2. The van der Waals surface area contributed by atoms with E-state index in [4.69, 9.17) is 0 Å². The fraction of sp³-hybridized carbons (Fsp3) is 0.619. The Bertz CT molecular complexity index is 956. The predicted molar refractivity (Wildman–Crippen MR) is 106 cm³/mol. The van der Waals surface area contributed by atoms with Gasteiger partial charge < -0.3 is 19.5 Å². The van der Waals surface area contributed by atoms with Gasteiger partial charge in [-0.25, -0.2) is 9.97 Å². The van der Waals surface area contributed by atoms with Crippen molar-refractivity contribution >= 4 is 23.0 Å². The quantitative estimate of drug-likeness (QED) is 0.840. The van der Waals surface area contributed by atoms with Gasteiger partial charge in [0, 0.05) is 39.4 Å². The van der Waals surface area contributed by atoms with Crippen molar-refractivity contribution in [1.29, 1.82) is 0 Å². The lowest BCUT2D eigenvalue weighted by molar-refractivity contribution is -0.156. The smallest absolute Gasteiger partial charge is 0.256 e. The first kappa shape index (κ1) is 18.5. The highest BCUT2D eigenvalue weighted by molar-refractivity contribution is 6.04. The number of fused-ring (bicyclic) bond motifs is 1. The van der Waals surface area contributed by atoms with E-state index in [9.17, 15) is 14.7 Å². The third-order valence-corrected chi connectivity index (χ3v) is 6.81. The van der Waals surface area contributed by atoms with E-state index >= 15 is 0 Å². The van der Waals surface area contributed by atoms with Crippen LogP contribution in [0.25, 0.3) is 11.2 Å². The molecule has 2 aromatic heterocycles. The van der Waals surface area contributed by atoms with Crippen molar-refractivity contribution in [2.45, 2.75) is 38.2 Å². The van der Waals surface area contributed by atoms with E-state index in [2.05, 4.69) is 9.97 Å². The summed E-state index contributed by atoms with van der Waals surface area (Å²) in [6.45, 7) is 2.26. The van der Waals surface area contributed by atoms with E-state index in [0.717, 1.165) is 6.54 Å². The Labute approximate surface area is 169 Å². The second-order valence-corrected chi connectivity index (χ2v) is 8.97. The molecular formula is C21H27N5O3. The molecule has 4 heterocycles.